The van der Waals surface area contributed by atoms with Gasteiger partial charge in [0.25, 0.3) is 0 Å². The first-order chi connectivity index (χ1) is 11.4. The molecule has 114 valence electrons. The molecule has 1 N–H and O–H groups in total. The van der Waals surface area contributed by atoms with E-state index in [1.54, 1.807) is 0 Å². The van der Waals surface area contributed by atoms with Gasteiger partial charge in [0, 0.05) is 31.7 Å². The third kappa shape index (κ3) is 1.97. The van der Waals surface area contributed by atoms with Gasteiger partial charge in [0.15, 0.2) is 0 Å². The van der Waals surface area contributed by atoms with E-state index >= 15 is 0 Å². The molecular formula is C20H19N3. The molecular weight excluding hydrogens is 282 g/mol. The zero-order chi connectivity index (χ0) is 15.2. The molecule has 1 atom stereocenters. The molecule has 5 rings (SSSR count). The average Bonchev–Trinajstić information content (AvgIpc) is 3.01. The minimum absolute atomic E-state index is 0.158. The molecule has 3 heteroatoms. The summed E-state index contributed by atoms with van der Waals surface area (Å²) in [5.74, 6) is 1.17. The fourth-order valence-electron chi connectivity index (χ4n) is 3.92. The Balaban J connectivity index is 1.69. The summed E-state index contributed by atoms with van der Waals surface area (Å²) in [6.07, 6.45) is 2.32. The molecule has 0 bridgehead atoms. The van der Waals surface area contributed by atoms with Crippen molar-refractivity contribution < 1.29 is 0 Å². The van der Waals surface area contributed by atoms with E-state index in [2.05, 4.69) is 64.8 Å². The molecule has 0 aromatic heterocycles. The average molecular weight is 301 g/mol. The minimum Gasteiger partial charge on any atom is -0.354 e. The molecule has 0 spiro atoms. The molecule has 1 fully saturated rings. The van der Waals surface area contributed by atoms with E-state index in [1.165, 1.54) is 33.7 Å². The van der Waals surface area contributed by atoms with E-state index in [9.17, 15) is 0 Å². The largest absolute Gasteiger partial charge is 0.354 e. The molecule has 1 unspecified atom stereocenters. The van der Waals surface area contributed by atoms with Gasteiger partial charge in [-0.2, -0.15) is 0 Å². The van der Waals surface area contributed by atoms with Crippen molar-refractivity contribution in [2.75, 3.05) is 26.2 Å². The zero-order valence-corrected chi connectivity index (χ0v) is 13.0. The lowest BCUT2D eigenvalue weighted by atomic mass is 9.90. The molecule has 2 aromatic rings. The third-order valence-corrected chi connectivity index (χ3v) is 5.04. The summed E-state index contributed by atoms with van der Waals surface area (Å²) in [7, 11) is 0. The third-order valence-electron chi connectivity index (χ3n) is 5.04. The molecule has 2 heterocycles. The van der Waals surface area contributed by atoms with Crippen molar-refractivity contribution >= 4 is 17.5 Å². The summed E-state index contributed by atoms with van der Waals surface area (Å²) in [5.41, 5.74) is 6.62. The maximum atomic E-state index is 5.20. The van der Waals surface area contributed by atoms with Gasteiger partial charge in [0.1, 0.15) is 11.9 Å². The summed E-state index contributed by atoms with van der Waals surface area (Å²) in [6.45, 7) is 4.12. The van der Waals surface area contributed by atoms with Crippen molar-refractivity contribution in [2.24, 2.45) is 4.99 Å². The predicted molar refractivity (Wildman–Crippen MR) is 94.5 cm³/mol. The lowest BCUT2D eigenvalue weighted by Crippen LogP contribution is -2.47. The van der Waals surface area contributed by atoms with Crippen LogP contribution < -0.4 is 5.32 Å². The second-order valence-electron chi connectivity index (χ2n) is 6.37. The number of fused-ring (bicyclic) bond motifs is 5. The Bertz CT molecular complexity index is 828. The van der Waals surface area contributed by atoms with Crippen LogP contribution in [-0.4, -0.2) is 36.9 Å². The molecule has 0 radical (unpaired) electrons. The number of benzene rings is 2. The number of piperazine rings is 1. The normalized spacial score (nSPS) is 21.9. The molecule has 2 aromatic carbocycles. The minimum atomic E-state index is 0.158. The van der Waals surface area contributed by atoms with Crippen LogP contribution in [0.2, 0.25) is 0 Å². The highest BCUT2D eigenvalue weighted by atomic mass is 15.2. The van der Waals surface area contributed by atoms with Gasteiger partial charge in [-0.05, 0) is 28.3 Å². The van der Waals surface area contributed by atoms with Crippen LogP contribution in [0.5, 0.6) is 0 Å². The molecule has 3 nitrogen and oxygen atoms in total. The SMILES string of the molecule is C1=C2c3ccccc3C(N3CCNCC3)=NC2c2ccccc21. The van der Waals surface area contributed by atoms with Crippen molar-refractivity contribution in [3.8, 4) is 0 Å². The highest BCUT2D eigenvalue weighted by Crippen LogP contribution is 2.46. The maximum absolute atomic E-state index is 5.20. The Labute approximate surface area is 136 Å². The highest BCUT2D eigenvalue weighted by Gasteiger charge is 2.33. The van der Waals surface area contributed by atoms with Gasteiger partial charge in [-0.25, -0.2) is 0 Å². The van der Waals surface area contributed by atoms with Crippen molar-refractivity contribution in [1.29, 1.82) is 0 Å². The van der Waals surface area contributed by atoms with Gasteiger partial charge < -0.3 is 10.2 Å². The first-order valence-corrected chi connectivity index (χ1v) is 8.35. The lowest BCUT2D eigenvalue weighted by Gasteiger charge is -2.34. The second kappa shape index (κ2) is 5.07. The van der Waals surface area contributed by atoms with Crippen LogP contribution >= 0.6 is 0 Å². The summed E-state index contributed by atoms with van der Waals surface area (Å²) >= 11 is 0. The van der Waals surface area contributed by atoms with E-state index in [-0.39, 0.29) is 6.04 Å². The van der Waals surface area contributed by atoms with Crippen molar-refractivity contribution in [2.45, 2.75) is 6.04 Å². The summed E-state index contributed by atoms with van der Waals surface area (Å²) in [4.78, 5) is 7.63. The smallest absolute Gasteiger partial charge is 0.132 e. The molecule has 0 amide bonds. The topological polar surface area (TPSA) is 27.6 Å². The number of nitrogens with one attached hydrogen (secondary N) is 1. The van der Waals surface area contributed by atoms with E-state index in [4.69, 9.17) is 4.99 Å². The molecule has 1 aliphatic carbocycles. The van der Waals surface area contributed by atoms with Gasteiger partial charge in [-0.1, -0.05) is 48.5 Å². The summed E-state index contributed by atoms with van der Waals surface area (Å²) in [5, 5.41) is 3.43. The fraction of sp³-hybridized carbons (Fsp3) is 0.250. The molecule has 0 saturated carbocycles. The number of rotatable bonds is 0. The highest BCUT2D eigenvalue weighted by molar-refractivity contribution is 6.09. The number of aliphatic imine (C=N–C) groups is 1. The van der Waals surface area contributed by atoms with Crippen LogP contribution in [-0.2, 0) is 0 Å². The van der Waals surface area contributed by atoms with E-state index in [0.717, 1.165) is 26.2 Å². The molecule has 1 saturated heterocycles. The molecule has 23 heavy (non-hydrogen) atoms. The van der Waals surface area contributed by atoms with Crippen molar-refractivity contribution in [1.82, 2.24) is 10.2 Å². The monoisotopic (exact) mass is 301 g/mol. The van der Waals surface area contributed by atoms with Gasteiger partial charge in [-0.15, -0.1) is 0 Å². The Morgan fingerprint density at radius 2 is 1.65 bits per heavy atom. The first kappa shape index (κ1) is 13.1. The van der Waals surface area contributed by atoms with Gasteiger partial charge >= 0.3 is 0 Å². The Morgan fingerprint density at radius 1 is 0.913 bits per heavy atom. The fourth-order valence-corrected chi connectivity index (χ4v) is 3.92. The first-order valence-electron chi connectivity index (χ1n) is 8.35. The van der Waals surface area contributed by atoms with E-state index in [0.29, 0.717) is 0 Å². The van der Waals surface area contributed by atoms with Crippen LogP contribution in [0, 0.1) is 0 Å². The predicted octanol–water partition coefficient (Wildman–Crippen LogP) is 2.95. The standard InChI is InChI=1S/C20H19N3/c1-2-6-15-14(5-1)13-18-16-7-3-4-8-17(16)20(22-19(15)18)23-11-9-21-10-12-23/h1-8,13,19,21H,9-12H2. The molecule has 2 aliphatic heterocycles. The van der Waals surface area contributed by atoms with Gasteiger partial charge in [-0.3, -0.25) is 4.99 Å². The molecule has 3 aliphatic rings. The number of nitrogens with zero attached hydrogens (tertiary/aromatic N) is 2. The van der Waals surface area contributed by atoms with E-state index in [1.807, 2.05) is 0 Å². The zero-order valence-electron chi connectivity index (χ0n) is 13.0. The maximum Gasteiger partial charge on any atom is 0.132 e. The summed E-state index contributed by atoms with van der Waals surface area (Å²) < 4.78 is 0. The van der Waals surface area contributed by atoms with Gasteiger partial charge in [0.05, 0.1) is 0 Å². The summed E-state index contributed by atoms with van der Waals surface area (Å²) in [6, 6.07) is 17.5. The van der Waals surface area contributed by atoms with Crippen molar-refractivity contribution in [3.63, 3.8) is 0 Å². The van der Waals surface area contributed by atoms with Crippen LogP contribution in [0.1, 0.15) is 28.3 Å². The number of amidine groups is 1. The second-order valence-corrected chi connectivity index (χ2v) is 6.37. The lowest BCUT2D eigenvalue weighted by molar-refractivity contribution is 0.356. The number of hydrogen-bond donors (Lipinski definition) is 1. The van der Waals surface area contributed by atoms with Crippen LogP contribution in [0.4, 0.5) is 0 Å². The van der Waals surface area contributed by atoms with E-state index < -0.39 is 0 Å². The Kier molecular flexibility index (Phi) is 2.88. The van der Waals surface area contributed by atoms with Crippen molar-refractivity contribution in [3.05, 3.63) is 70.8 Å². The quantitative estimate of drug-likeness (QED) is 0.810. The van der Waals surface area contributed by atoms with Gasteiger partial charge in [0.2, 0.25) is 0 Å². The van der Waals surface area contributed by atoms with Crippen LogP contribution in [0.15, 0.2) is 53.5 Å². The Morgan fingerprint density at radius 3 is 2.52 bits per heavy atom. The Hall–Kier alpha value is -2.39. The van der Waals surface area contributed by atoms with Crippen LogP contribution in [0.3, 0.4) is 0 Å². The number of hydrogen-bond acceptors (Lipinski definition) is 3. The van der Waals surface area contributed by atoms with Crippen LogP contribution in [0.25, 0.3) is 11.6 Å².